The molecule has 2 aromatic carbocycles. The van der Waals surface area contributed by atoms with E-state index >= 15 is 0 Å². The van der Waals surface area contributed by atoms with Gasteiger partial charge in [-0.1, -0.05) is 48.9 Å². The zero-order valence-electron chi connectivity index (χ0n) is 10.3. The zero-order chi connectivity index (χ0) is 14.0. The van der Waals surface area contributed by atoms with Crippen LogP contribution < -0.4 is 0 Å². The van der Waals surface area contributed by atoms with Crippen molar-refractivity contribution in [2.45, 2.75) is 12.8 Å². The Hall–Kier alpha value is -1.32. The maximum absolute atomic E-state index is 10.0. The van der Waals surface area contributed by atoms with Gasteiger partial charge in [0, 0.05) is 22.2 Å². The second kappa shape index (κ2) is 5.76. The fraction of sp³-hybridized carbons (Fsp3) is 0.133. The average Bonchev–Trinajstić information content (AvgIpc) is 2.42. The van der Waals surface area contributed by atoms with E-state index in [0.717, 1.165) is 5.56 Å². The number of nitrogens with one attached hydrogen (secondary N) is 1. The molecule has 98 valence electrons. The van der Waals surface area contributed by atoms with Crippen molar-refractivity contribution in [3.63, 3.8) is 0 Å². The van der Waals surface area contributed by atoms with E-state index < -0.39 is 0 Å². The lowest BCUT2D eigenvalue weighted by atomic mass is 9.91. The Morgan fingerprint density at radius 3 is 2.53 bits per heavy atom. The summed E-state index contributed by atoms with van der Waals surface area (Å²) in [6.07, 6.45) is 0. The second-order valence-corrected chi connectivity index (χ2v) is 5.62. The van der Waals surface area contributed by atoms with Crippen molar-refractivity contribution in [3.05, 3.63) is 63.1 Å². The fourth-order valence-electron chi connectivity index (χ4n) is 1.91. The van der Waals surface area contributed by atoms with Crippen LogP contribution in [0.2, 0.25) is 5.02 Å². The largest absolute Gasteiger partial charge is 0.506 e. The van der Waals surface area contributed by atoms with Crippen molar-refractivity contribution in [2.75, 3.05) is 0 Å². The lowest BCUT2D eigenvalue weighted by molar-refractivity contribution is 0.470. The number of aromatic hydroxyl groups is 1. The van der Waals surface area contributed by atoms with Crippen LogP contribution in [0.5, 0.6) is 5.75 Å². The van der Waals surface area contributed by atoms with Gasteiger partial charge in [-0.05, 0) is 33.6 Å². The molecule has 0 aliphatic rings. The molecule has 0 fully saturated rings. The molecule has 4 heteroatoms. The minimum Gasteiger partial charge on any atom is -0.506 e. The van der Waals surface area contributed by atoms with Crippen LogP contribution in [0.3, 0.4) is 0 Å². The quantitative estimate of drug-likeness (QED) is 0.762. The molecule has 0 spiro atoms. The molecule has 19 heavy (non-hydrogen) atoms. The van der Waals surface area contributed by atoms with Crippen molar-refractivity contribution >= 4 is 33.2 Å². The number of phenolic OH excluding ortho intramolecular Hbond substituents is 1. The maximum Gasteiger partial charge on any atom is 0.138 e. The molecule has 0 saturated heterocycles. The lowest BCUT2D eigenvalue weighted by Crippen LogP contribution is -2.10. The molecule has 2 N–H and O–H groups in total. The summed E-state index contributed by atoms with van der Waals surface area (Å²) >= 11 is 9.22. The first-order chi connectivity index (χ1) is 9.00. The third kappa shape index (κ3) is 2.99. The van der Waals surface area contributed by atoms with Crippen molar-refractivity contribution in [1.82, 2.24) is 0 Å². The van der Waals surface area contributed by atoms with Gasteiger partial charge in [0.2, 0.25) is 0 Å². The molecular weight excluding hydrogens is 326 g/mol. The molecule has 0 saturated carbocycles. The molecule has 0 radical (unpaired) electrons. The molecule has 0 heterocycles. The number of rotatable bonds is 3. The molecule has 2 nitrogen and oxygen atoms in total. The van der Waals surface area contributed by atoms with Gasteiger partial charge in [0.25, 0.3) is 0 Å². The van der Waals surface area contributed by atoms with E-state index in [1.54, 1.807) is 12.1 Å². The highest BCUT2D eigenvalue weighted by atomic mass is 79.9. The maximum atomic E-state index is 10.0. The predicted octanol–water partition coefficient (Wildman–Crippen LogP) is 4.98. The second-order valence-electron chi connectivity index (χ2n) is 4.33. The van der Waals surface area contributed by atoms with Gasteiger partial charge < -0.3 is 10.5 Å². The summed E-state index contributed by atoms with van der Waals surface area (Å²) in [6.45, 7) is 1.94. The van der Waals surface area contributed by atoms with Gasteiger partial charge >= 0.3 is 0 Å². The molecule has 1 atom stereocenters. The highest BCUT2D eigenvalue weighted by molar-refractivity contribution is 9.10. The molecule has 2 aromatic rings. The Morgan fingerprint density at radius 2 is 1.89 bits per heavy atom. The van der Waals surface area contributed by atoms with Gasteiger partial charge in [-0.25, -0.2) is 0 Å². The van der Waals surface area contributed by atoms with Crippen molar-refractivity contribution in [2.24, 2.45) is 0 Å². The normalized spacial score (nSPS) is 12.2. The number of halogens is 2. The molecule has 0 aromatic heterocycles. The first-order valence-corrected chi connectivity index (χ1v) is 6.99. The molecule has 0 amide bonds. The van der Waals surface area contributed by atoms with Crippen LogP contribution in [-0.2, 0) is 0 Å². The van der Waals surface area contributed by atoms with Crippen molar-refractivity contribution in [3.8, 4) is 5.75 Å². The average molecular weight is 339 g/mol. The summed E-state index contributed by atoms with van der Waals surface area (Å²) in [5, 5.41) is 18.8. The van der Waals surface area contributed by atoms with Crippen molar-refractivity contribution in [1.29, 1.82) is 5.41 Å². The standard InChI is InChI=1S/C15H13BrClNO/c1-9(10-5-3-2-4-6-10)14(18)12-7-11(17)8-13(16)15(12)19/h2-9,18-19H,1H3. The predicted molar refractivity (Wildman–Crippen MR) is 82.5 cm³/mol. The van der Waals surface area contributed by atoms with Crippen LogP contribution in [0, 0.1) is 5.41 Å². The Labute approximate surface area is 125 Å². The van der Waals surface area contributed by atoms with E-state index in [9.17, 15) is 5.11 Å². The molecular formula is C15H13BrClNO. The van der Waals surface area contributed by atoms with Gasteiger partial charge in [-0.15, -0.1) is 0 Å². The van der Waals surface area contributed by atoms with E-state index in [0.29, 0.717) is 20.8 Å². The third-order valence-corrected chi connectivity index (χ3v) is 3.87. The zero-order valence-corrected chi connectivity index (χ0v) is 12.7. The number of hydrogen-bond donors (Lipinski definition) is 2. The van der Waals surface area contributed by atoms with Crippen LogP contribution in [-0.4, -0.2) is 10.8 Å². The first-order valence-electron chi connectivity index (χ1n) is 5.82. The minimum atomic E-state index is -0.113. The first kappa shape index (κ1) is 14.1. The Balaban J connectivity index is 2.40. The Morgan fingerprint density at radius 1 is 1.26 bits per heavy atom. The minimum absolute atomic E-state index is 0.0529. The Bertz CT molecular complexity index is 613. The van der Waals surface area contributed by atoms with E-state index in [4.69, 9.17) is 17.0 Å². The smallest absolute Gasteiger partial charge is 0.138 e. The third-order valence-electron chi connectivity index (χ3n) is 3.05. The van der Waals surface area contributed by atoms with Crippen LogP contribution in [0.1, 0.15) is 24.0 Å². The number of benzene rings is 2. The molecule has 0 aliphatic heterocycles. The SMILES string of the molecule is CC(C(=N)c1cc(Cl)cc(Br)c1O)c1ccccc1. The van der Waals surface area contributed by atoms with Crippen LogP contribution in [0.4, 0.5) is 0 Å². The molecule has 1 unspecified atom stereocenters. The molecule has 0 bridgehead atoms. The van der Waals surface area contributed by atoms with E-state index in [1.165, 1.54) is 0 Å². The highest BCUT2D eigenvalue weighted by Crippen LogP contribution is 2.34. The topological polar surface area (TPSA) is 44.1 Å². The lowest BCUT2D eigenvalue weighted by Gasteiger charge is -2.15. The fourth-order valence-corrected chi connectivity index (χ4v) is 2.72. The van der Waals surface area contributed by atoms with Crippen molar-refractivity contribution < 1.29 is 5.11 Å². The monoisotopic (exact) mass is 337 g/mol. The van der Waals surface area contributed by atoms with E-state index in [-0.39, 0.29) is 11.7 Å². The van der Waals surface area contributed by atoms with E-state index in [1.807, 2.05) is 37.3 Å². The molecule has 2 rings (SSSR count). The number of phenols is 1. The highest BCUT2D eigenvalue weighted by Gasteiger charge is 2.18. The number of hydrogen-bond acceptors (Lipinski definition) is 2. The van der Waals surface area contributed by atoms with E-state index in [2.05, 4.69) is 15.9 Å². The Kier molecular flexibility index (Phi) is 4.27. The summed E-state index contributed by atoms with van der Waals surface area (Å²) < 4.78 is 0.500. The van der Waals surface area contributed by atoms with Gasteiger partial charge in [0.15, 0.2) is 0 Å². The summed E-state index contributed by atoms with van der Waals surface area (Å²) in [4.78, 5) is 0. The molecule has 0 aliphatic carbocycles. The van der Waals surface area contributed by atoms with Crippen LogP contribution in [0.25, 0.3) is 0 Å². The summed E-state index contributed by atoms with van der Waals surface area (Å²) in [5.74, 6) is -0.0605. The van der Waals surface area contributed by atoms with Gasteiger partial charge in [0.1, 0.15) is 5.75 Å². The van der Waals surface area contributed by atoms with Crippen LogP contribution >= 0.6 is 27.5 Å². The van der Waals surface area contributed by atoms with Gasteiger partial charge in [0.05, 0.1) is 4.47 Å². The summed E-state index contributed by atoms with van der Waals surface area (Å²) in [5.41, 5.74) is 1.82. The summed E-state index contributed by atoms with van der Waals surface area (Å²) in [7, 11) is 0. The van der Waals surface area contributed by atoms with Gasteiger partial charge in [-0.2, -0.15) is 0 Å². The van der Waals surface area contributed by atoms with Gasteiger partial charge in [-0.3, -0.25) is 0 Å². The van der Waals surface area contributed by atoms with Crippen LogP contribution in [0.15, 0.2) is 46.9 Å². The summed E-state index contributed by atoms with van der Waals surface area (Å²) in [6, 6.07) is 13.0.